The van der Waals surface area contributed by atoms with Gasteiger partial charge in [-0.25, -0.2) is 0 Å². The highest BCUT2D eigenvalue weighted by atomic mass is 16.2. The first-order valence-electron chi connectivity index (χ1n) is 10.0. The van der Waals surface area contributed by atoms with Gasteiger partial charge in [-0.05, 0) is 57.4 Å². The van der Waals surface area contributed by atoms with Crippen LogP contribution in [0.3, 0.4) is 0 Å². The number of carbonyl (C=O) groups excluding carboxylic acids is 2. The molecule has 1 heterocycles. The van der Waals surface area contributed by atoms with Crippen molar-refractivity contribution in [1.82, 2.24) is 15.5 Å². The first kappa shape index (κ1) is 25.3. The van der Waals surface area contributed by atoms with E-state index in [-0.39, 0.29) is 6.04 Å². The van der Waals surface area contributed by atoms with Gasteiger partial charge in [-0.3, -0.25) is 14.6 Å². The van der Waals surface area contributed by atoms with Crippen LogP contribution in [0, 0.1) is 0 Å². The van der Waals surface area contributed by atoms with E-state index in [2.05, 4.69) is 10.6 Å². The Bertz CT molecular complexity index is 761. The van der Waals surface area contributed by atoms with Gasteiger partial charge in [0.15, 0.2) is 0 Å². The quantitative estimate of drug-likeness (QED) is 0.264. The third kappa shape index (κ3) is 6.93. The maximum atomic E-state index is 11.2. The van der Waals surface area contributed by atoms with Crippen LogP contribution < -0.4 is 10.6 Å². The van der Waals surface area contributed by atoms with Crippen LogP contribution in [-0.4, -0.2) is 55.4 Å². The van der Waals surface area contributed by atoms with Crippen LogP contribution in [0.4, 0.5) is 0 Å². The largest absolute Gasteiger partial charge is 0.400 e. The molecule has 0 spiro atoms. The molecule has 3 N–H and O–H groups in total. The topological polar surface area (TPSA) is 94.0 Å². The van der Waals surface area contributed by atoms with Crippen LogP contribution in [0.2, 0.25) is 0 Å². The standard InChI is InChI=1S/C22H30N4O2.CH4O/c1-5-6-9-20(26(4)16-28)17-10-12-18(13-11-17)22(2,3)25-21(24-15-27)19-8-7-14-23-19;1-2/h5-6,9-13,15-16,19,23H,7-8,14H2,1-4H3,(H,24,25,27);2H,1H3/b6-5-,20-9-;. The van der Waals surface area contributed by atoms with Gasteiger partial charge in [0, 0.05) is 14.2 Å². The molecule has 0 saturated carbocycles. The number of carbonyl (C=O) groups is 2. The average molecular weight is 415 g/mol. The number of nitrogens with one attached hydrogen (secondary N) is 2. The van der Waals surface area contributed by atoms with Gasteiger partial charge >= 0.3 is 0 Å². The molecule has 1 aromatic carbocycles. The van der Waals surface area contributed by atoms with Gasteiger partial charge in [-0.15, -0.1) is 0 Å². The highest BCUT2D eigenvalue weighted by Gasteiger charge is 2.25. The van der Waals surface area contributed by atoms with Crippen LogP contribution >= 0.6 is 0 Å². The summed E-state index contributed by atoms with van der Waals surface area (Å²) in [6.45, 7) is 6.92. The second-order valence-corrected chi connectivity index (χ2v) is 7.34. The maximum Gasteiger partial charge on any atom is 0.213 e. The molecule has 7 nitrogen and oxygen atoms in total. The predicted octanol–water partition coefficient (Wildman–Crippen LogP) is 2.43. The molecule has 1 aliphatic heterocycles. The molecule has 1 fully saturated rings. The summed E-state index contributed by atoms with van der Waals surface area (Å²) in [7, 11) is 2.73. The summed E-state index contributed by atoms with van der Waals surface area (Å²) in [5.74, 6) is 0.677. The molecule has 1 atom stereocenters. The SMILES string of the molecule is C/C=C\C=C(\c1ccc(C(C)(C)N=C(NC=O)C2CCCN2)cc1)N(C)C=O.CO. The molecule has 0 radical (unpaired) electrons. The van der Waals surface area contributed by atoms with Crippen LogP contribution in [0.5, 0.6) is 0 Å². The van der Waals surface area contributed by atoms with Crippen molar-refractivity contribution in [3.63, 3.8) is 0 Å². The Morgan fingerprint density at radius 3 is 2.43 bits per heavy atom. The Morgan fingerprint density at radius 2 is 1.93 bits per heavy atom. The number of aliphatic imine (C=N–C) groups is 1. The van der Waals surface area contributed by atoms with Crippen LogP contribution in [-0.2, 0) is 15.1 Å². The van der Waals surface area contributed by atoms with E-state index in [4.69, 9.17) is 10.1 Å². The molecular weight excluding hydrogens is 380 g/mol. The highest BCUT2D eigenvalue weighted by molar-refractivity contribution is 5.95. The normalized spacial score (nSPS) is 17.3. The van der Waals surface area contributed by atoms with Gasteiger partial charge in [0.25, 0.3) is 0 Å². The van der Waals surface area contributed by atoms with Crippen molar-refractivity contribution in [2.45, 2.75) is 45.2 Å². The third-order valence-electron chi connectivity index (χ3n) is 4.87. The number of hydrogen-bond acceptors (Lipinski definition) is 5. The Morgan fingerprint density at radius 1 is 1.27 bits per heavy atom. The molecule has 0 aromatic heterocycles. The second-order valence-electron chi connectivity index (χ2n) is 7.34. The summed E-state index contributed by atoms with van der Waals surface area (Å²) in [5, 5.41) is 13.1. The van der Waals surface area contributed by atoms with Crippen LogP contribution in [0.25, 0.3) is 5.70 Å². The molecule has 7 heteroatoms. The van der Waals surface area contributed by atoms with E-state index in [0.29, 0.717) is 12.2 Å². The molecule has 164 valence electrons. The molecule has 2 rings (SSSR count). The molecule has 1 unspecified atom stereocenters. The predicted molar refractivity (Wildman–Crippen MR) is 122 cm³/mol. The van der Waals surface area contributed by atoms with Crippen LogP contribution in [0.15, 0.2) is 47.5 Å². The lowest BCUT2D eigenvalue weighted by Gasteiger charge is -2.25. The fraction of sp³-hybridized carbons (Fsp3) is 0.435. The van der Waals surface area contributed by atoms with E-state index < -0.39 is 5.54 Å². The first-order valence-corrected chi connectivity index (χ1v) is 10.0. The average Bonchev–Trinajstić information content (AvgIpc) is 3.30. The number of hydrogen-bond donors (Lipinski definition) is 3. The van der Waals surface area contributed by atoms with E-state index >= 15 is 0 Å². The number of aliphatic hydroxyl groups is 1. The Labute approximate surface area is 179 Å². The van der Waals surface area contributed by atoms with Crippen molar-refractivity contribution < 1.29 is 14.7 Å². The lowest BCUT2D eigenvalue weighted by atomic mass is 9.93. The minimum Gasteiger partial charge on any atom is -0.400 e. The summed E-state index contributed by atoms with van der Waals surface area (Å²) in [5.41, 5.74) is 2.29. The van der Waals surface area contributed by atoms with Crippen molar-refractivity contribution in [2.24, 2.45) is 4.99 Å². The molecule has 1 saturated heterocycles. The zero-order valence-corrected chi connectivity index (χ0v) is 18.6. The summed E-state index contributed by atoms with van der Waals surface area (Å²) in [6.07, 6.45) is 9.25. The molecule has 1 aliphatic rings. The van der Waals surface area contributed by atoms with Crippen molar-refractivity contribution in [3.05, 3.63) is 53.6 Å². The smallest absolute Gasteiger partial charge is 0.213 e. The fourth-order valence-corrected chi connectivity index (χ4v) is 3.27. The summed E-state index contributed by atoms with van der Waals surface area (Å²) >= 11 is 0. The Kier molecular flexibility index (Phi) is 10.7. The van der Waals surface area contributed by atoms with Crippen molar-refractivity contribution in [2.75, 3.05) is 20.7 Å². The van der Waals surface area contributed by atoms with Gasteiger partial charge in [-0.2, -0.15) is 0 Å². The molecule has 0 bridgehead atoms. The Balaban J connectivity index is 0.00000218. The first-order chi connectivity index (χ1) is 14.4. The summed E-state index contributed by atoms with van der Waals surface area (Å²) < 4.78 is 0. The number of aliphatic hydroxyl groups excluding tert-OH is 1. The third-order valence-corrected chi connectivity index (χ3v) is 4.87. The molecule has 1 aromatic rings. The van der Waals surface area contributed by atoms with Gasteiger partial charge in [0.1, 0.15) is 5.84 Å². The summed E-state index contributed by atoms with van der Waals surface area (Å²) in [6, 6.07) is 8.09. The van der Waals surface area contributed by atoms with Gasteiger partial charge in [-0.1, -0.05) is 36.4 Å². The second kappa shape index (κ2) is 12.7. The number of nitrogens with zero attached hydrogens (tertiary/aromatic N) is 2. The number of rotatable bonds is 8. The van der Waals surface area contributed by atoms with Crippen molar-refractivity contribution in [1.29, 1.82) is 0 Å². The zero-order valence-electron chi connectivity index (χ0n) is 18.6. The van der Waals surface area contributed by atoms with E-state index in [1.165, 1.54) is 0 Å². The van der Waals surface area contributed by atoms with Gasteiger partial charge < -0.3 is 20.6 Å². The van der Waals surface area contributed by atoms with E-state index in [1.54, 1.807) is 11.9 Å². The van der Waals surface area contributed by atoms with Gasteiger partial charge in [0.05, 0.1) is 17.3 Å². The molecule has 0 aliphatic carbocycles. The number of allylic oxidation sites excluding steroid dienone is 3. The van der Waals surface area contributed by atoms with E-state index in [1.807, 2.05) is 63.3 Å². The minimum atomic E-state index is -0.502. The summed E-state index contributed by atoms with van der Waals surface area (Å²) in [4.78, 5) is 28.6. The zero-order chi connectivity index (χ0) is 22.6. The number of benzene rings is 1. The van der Waals surface area contributed by atoms with Gasteiger partial charge in [0.2, 0.25) is 12.8 Å². The fourth-order valence-electron chi connectivity index (χ4n) is 3.27. The number of amides is 2. The van der Waals surface area contributed by atoms with E-state index in [0.717, 1.165) is 49.7 Å². The molecule has 30 heavy (non-hydrogen) atoms. The minimum absolute atomic E-state index is 0.0837. The highest BCUT2D eigenvalue weighted by Crippen LogP contribution is 2.28. The lowest BCUT2D eigenvalue weighted by Crippen LogP contribution is -2.41. The van der Waals surface area contributed by atoms with Crippen molar-refractivity contribution >= 4 is 24.4 Å². The van der Waals surface area contributed by atoms with Crippen LogP contribution in [0.1, 0.15) is 44.7 Å². The Hall–Kier alpha value is -2.77. The molecular formula is C23H34N4O3. The monoisotopic (exact) mass is 414 g/mol. The maximum absolute atomic E-state index is 11.2. The van der Waals surface area contributed by atoms with Crippen molar-refractivity contribution in [3.8, 4) is 0 Å². The van der Waals surface area contributed by atoms with E-state index in [9.17, 15) is 9.59 Å². The number of amidine groups is 1. The molecule has 2 amide bonds. The lowest BCUT2D eigenvalue weighted by molar-refractivity contribution is -0.114.